The molecule has 3 unspecified atom stereocenters. The Hall–Kier alpha value is -0.610. The highest BCUT2D eigenvalue weighted by molar-refractivity contribution is 6.31. The lowest BCUT2D eigenvalue weighted by Gasteiger charge is -2.36. The van der Waals surface area contributed by atoms with Crippen LogP contribution in [-0.4, -0.2) is 37.7 Å². The molecule has 0 aliphatic carbocycles. The van der Waals surface area contributed by atoms with Crippen LogP contribution in [0, 0.1) is 5.92 Å². The normalized spacial score (nSPS) is 22.7. The highest BCUT2D eigenvalue weighted by Crippen LogP contribution is 2.30. The van der Waals surface area contributed by atoms with E-state index in [0.29, 0.717) is 18.5 Å². The fourth-order valence-electron chi connectivity index (χ4n) is 2.87. The van der Waals surface area contributed by atoms with Crippen molar-refractivity contribution in [2.24, 2.45) is 11.7 Å². The second-order valence-electron chi connectivity index (χ2n) is 5.29. The number of hydrogen-bond donors (Lipinski definition) is 1. The molecule has 1 aromatic carbocycles. The second-order valence-corrected chi connectivity index (χ2v) is 5.70. The van der Waals surface area contributed by atoms with Crippen molar-refractivity contribution in [1.82, 2.24) is 4.90 Å². The van der Waals surface area contributed by atoms with E-state index in [0.717, 1.165) is 30.2 Å². The molecule has 0 saturated carbocycles. The largest absolute Gasteiger partial charge is 0.381 e. The van der Waals surface area contributed by atoms with Crippen molar-refractivity contribution in [1.29, 1.82) is 0 Å². The number of halogens is 1. The van der Waals surface area contributed by atoms with Crippen molar-refractivity contribution in [2.75, 3.05) is 26.8 Å². The lowest BCUT2D eigenvalue weighted by molar-refractivity contribution is 0.115. The molecular formula is C15H23ClN2O. The summed E-state index contributed by atoms with van der Waals surface area (Å²) in [5, 5.41) is 0.820. The lowest BCUT2D eigenvalue weighted by atomic mass is 9.95. The van der Waals surface area contributed by atoms with Gasteiger partial charge >= 0.3 is 0 Å². The predicted octanol–water partition coefficient (Wildman–Crippen LogP) is 2.70. The number of nitrogens with zero attached hydrogens (tertiary/aromatic N) is 1. The molecule has 0 amide bonds. The Balaban J connectivity index is 2.12. The molecule has 2 rings (SSSR count). The van der Waals surface area contributed by atoms with Crippen molar-refractivity contribution < 1.29 is 4.74 Å². The van der Waals surface area contributed by atoms with Gasteiger partial charge in [-0.15, -0.1) is 0 Å². The van der Waals surface area contributed by atoms with Gasteiger partial charge in [-0.2, -0.15) is 0 Å². The summed E-state index contributed by atoms with van der Waals surface area (Å²) in [4.78, 5) is 2.33. The summed E-state index contributed by atoms with van der Waals surface area (Å²) in [7, 11) is 2.13. The van der Waals surface area contributed by atoms with E-state index in [2.05, 4.69) is 24.9 Å². The van der Waals surface area contributed by atoms with Crippen molar-refractivity contribution in [3.8, 4) is 0 Å². The van der Waals surface area contributed by atoms with Gasteiger partial charge in [0.05, 0.1) is 6.61 Å². The first-order valence-electron chi connectivity index (χ1n) is 6.89. The van der Waals surface area contributed by atoms with Gasteiger partial charge in [0.15, 0.2) is 0 Å². The molecule has 0 aromatic heterocycles. The van der Waals surface area contributed by atoms with E-state index in [1.165, 1.54) is 0 Å². The van der Waals surface area contributed by atoms with Gasteiger partial charge in [-0.3, -0.25) is 4.90 Å². The molecule has 1 fully saturated rings. The Morgan fingerprint density at radius 2 is 2.21 bits per heavy atom. The standard InChI is InChI=1S/C15H23ClN2O/c1-11(13-5-3-4-6-14(13)16)18(2)15(9-17)12-7-8-19-10-12/h3-6,11-12,15H,7-10,17H2,1-2H3. The Kier molecular flexibility index (Phi) is 5.22. The fourth-order valence-corrected chi connectivity index (χ4v) is 3.16. The van der Waals surface area contributed by atoms with Crippen molar-refractivity contribution >= 4 is 11.6 Å². The molecule has 3 nitrogen and oxygen atoms in total. The van der Waals surface area contributed by atoms with Gasteiger partial charge < -0.3 is 10.5 Å². The summed E-state index contributed by atoms with van der Waals surface area (Å²) in [5.74, 6) is 0.528. The van der Waals surface area contributed by atoms with E-state index in [1.54, 1.807) is 0 Å². The number of ether oxygens (including phenoxy) is 1. The van der Waals surface area contributed by atoms with Gasteiger partial charge in [0.1, 0.15) is 0 Å². The van der Waals surface area contributed by atoms with E-state index in [1.807, 2.05) is 18.2 Å². The predicted molar refractivity (Wildman–Crippen MR) is 79.4 cm³/mol. The monoisotopic (exact) mass is 282 g/mol. The van der Waals surface area contributed by atoms with Crippen LogP contribution >= 0.6 is 11.6 Å². The third kappa shape index (κ3) is 3.29. The summed E-state index contributed by atoms with van der Waals surface area (Å²) >= 11 is 6.29. The second kappa shape index (κ2) is 6.71. The lowest BCUT2D eigenvalue weighted by Crippen LogP contribution is -2.45. The zero-order valence-electron chi connectivity index (χ0n) is 11.7. The Bertz CT molecular complexity index is 407. The summed E-state index contributed by atoms with van der Waals surface area (Å²) in [6.07, 6.45) is 1.10. The van der Waals surface area contributed by atoms with Gasteiger partial charge in [-0.05, 0) is 32.0 Å². The molecule has 4 heteroatoms. The van der Waals surface area contributed by atoms with Crippen LogP contribution in [0.15, 0.2) is 24.3 Å². The molecule has 1 heterocycles. The number of nitrogens with two attached hydrogens (primary N) is 1. The first-order chi connectivity index (χ1) is 9.15. The maximum absolute atomic E-state index is 6.29. The number of hydrogen-bond acceptors (Lipinski definition) is 3. The Morgan fingerprint density at radius 3 is 2.79 bits per heavy atom. The third-order valence-electron chi connectivity index (χ3n) is 4.24. The molecular weight excluding hydrogens is 260 g/mol. The highest BCUT2D eigenvalue weighted by atomic mass is 35.5. The van der Waals surface area contributed by atoms with Crippen molar-refractivity contribution in [2.45, 2.75) is 25.4 Å². The first-order valence-corrected chi connectivity index (χ1v) is 7.27. The maximum Gasteiger partial charge on any atom is 0.0510 e. The minimum Gasteiger partial charge on any atom is -0.381 e. The minimum atomic E-state index is 0.253. The first kappa shape index (κ1) is 14.8. The van der Waals surface area contributed by atoms with Crippen LogP contribution in [0.3, 0.4) is 0 Å². The topological polar surface area (TPSA) is 38.5 Å². The molecule has 1 aliphatic heterocycles. The van der Waals surface area contributed by atoms with Crippen molar-refractivity contribution in [3.05, 3.63) is 34.9 Å². The number of rotatable bonds is 5. The average molecular weight is 283 g/mol. The zero-order valence-corrected chi connectivity index (χ0v) is 12.4. The van der Waals surface area contributed by atoms with Crippen LogP contribution in [0.4, 0.5) is 0 Å². The fraction of sp³-hybridized carbons (Fsp3) is 0.600. The number of benzene rings is 1. The van der Waals surface area contributed by atoms with Crippen LogP contribution in [0.25, 0.3) is 0 Å². The maximum atomic E-state index is 6.29. The molecule has 0 spiro atoms. The molecule has 0 radical (unpaired) electrons. The quantitative estimate of drug-likeness (QED) is 0.902. The molecule has 1 saturated heterocycles. The molecule has 19 heavy (non-hydrogen) atoms. The van der Waals surface area contributed by atoms with Gasteiger partial charge in [0.25, 0.3) is 0 Å². The van der Waals surface area contributed by atoms with E-state index >= 15 is 0 Å². The molecule has 106 valence electrons. The van der Waals surface area contributed by atoms with E-state index < -0.39 is 0 Å². The van der Waals surface area contributed by atoms with E-state index in [4.69, 9.17) is 22.1 Å². The summed E-state index contributed by atoms with van der Waals surface area (Å²) in [5.41, 5.74) is 7.13. The van der Waals surface area contributed by atoms with Crippen molar-refractivity contribution in [3.63, 3.8) is 0 Å². The number of likely N-dealkylation sites (N-methyl/N-ethyl adjacent to an activating group) is 1. The summed E-state index contributed by atoms with van der Waals surface area (Å²) in [6, 6.07) is 8.61. The summed E-state index contributed by atoms with van der Waals surface area (Å²) < 4.78 is 5.49. The third-order valence-corrected chi connectivity index (χ3v) is 4.58. The minimum absolute atomic E-state index is 0.253. The molecule has 2 N–H and O–H groups in total. The van der Waals surface area contributed by atoms with Crippen LogP contribution in [0.5, 0.6) is 0 Å². The molecule has 1 aromatic rings. The zero-order chi connectivity index (χ0) is 13.8. The SMILES string of the molecule is CC(c1ccccc1Cl)N(C)C(CN)C1CCOC1. The van der Waals surface area contributed by atoms with Crippen LogP contribution in [0.1, 0.15) is 24.9 Å². The van der Waals surface area contributed by atoms with Crippen LogP contribution in [-0.2, 0) is 4.74 Å². The Labute approximate surface area is 120 Å². The van der Waals surface area contributed by atoms with Crippen LogP contribution in [0.2, 0.25) is 5.02 Å². The van der Waals surface area contributed by atoms with E-state index in [9.17, 15) is 0 Å². The van der Waals surface area contributed by atoms with Gasteiger partial charge in [-0.25, -0.2) is 0 Å². The van der Waals surface area contributed by atoms with Gasteiger partial charge in [0.2, 0.25) is 0 Å². The van der Waals surface area contributed by atoms with Crippen LogP contribution < -0.4 is 5.73 Å². The smallest absolute Gasteiger partial charge is 0.0510 e. The molecule has 3 atom stereocenters. The van der Waals surface area contributed by atoms with Gasteiger partial charge in [-0.1, -0.05) is 29.8 Å². The Morgan fingerprint density at radius 1 is 1.47 bits per heavy atom. The van der Waals surface area contributed by atoms with E-state index in [-0.39, 0.29) is 6.04 Å². The summed E-state index contributed by atoms with van der Waals surface area (Å²) in [6.45, 7) is 4.51. The van der Waals surface area contributed by atoms with Gasteiger partial charge in [0, 0.05) is 36.2 Å². The molecule has 0 bridgehead atoms. The highest BCUT2D eigenvalue weighted by Gasteiger charge is 2.30. The average Bonchev–Trinajstić information content (AvgIpc) is 2.93. The molecule has 1 aliphatic rings.